The van der Waals surface area contributed by atoms with Crippen LogP contribution in [0.15, 0.2) is 68.4 Å². The Morgan fingerprint density at radius 1 is 1.14 bits per heavy atom. The zero-order valence-electron chi connectivity index (χ0n) is 11.3. The summed E-state index contributed by atoms with van der Waals surface area (Å²) in [6.45, 7) is 0. The minimum Gasteiger partial charge on any atom is -0.459 e. The maximum atomic E-state index is 5.87. The van der Waals surface area contributed by atoms with Crippen LogP contribution in [0.5, 0.6) is 0 Å². The lowest BCUT2D eigenvalue weighted by atomic mass is 10.2. The molecule has 0 fully saturated rings. The van der Waals surface area contributed by atoms with Crippen molar-refractivity contribution >= 4 is 38.7 Å². The largest absolute Gasteiger partial charge is 0.459 e. The van der Waals surface area contributed by atoms with Gasteiger partial charge in [0.25, 0.3) is 0 Å². The van der Waals surface area contributed by atoms with Crippen LogP contribution in [0.1, 0.15) is 11.8 Å². The molecule has 3 N–H and O–H groups in total. The Balaban J connectivity index is 1.75. The summed E-state index contributed by atoms with van der Waals surface area (Å²) >= 11 is 5.22. The Morgan fingerprint density at radius 2 is 2.00 bits per heavy atom. The topological polar surface area (TPSA) is 51.2 Å². The normalized spacial score (nSPS) is 12.7. The fourth-order valence-electron chi connectivity index (χ4n) is 2.12. The first-order valence-electron chi connectivity index (χ1n) is 6.59. The van der Waals surface area contributed by atoms with E-state index in [4.69, 9.17) is 10.3 Å². The number of thioether (sulfide) groups is 1. The predicted octanol–water partition coefficient (Wildman–Crippen LogP) is 4.49. The van der Waals surface area contributed by atoms with Gasteiger partial charge in [-0.05, 0) is 30.3 Å². The van der Waals surface area contributed by atoms with Gasteiger partial charge in [-0.25, -0.2) is 5.43 Å². The van der Waals surface area contributed by atoms with E-state index in [1.165, 1.54) is 4.90 Å². The molecule has 0 bridgehead atoms. The van der Waals surface area contributed by atoms with Crippen LogP contribution in [-0.2, 0) is 0 Å². The van der Waals surface area contributed by atoms with E-state index < -0.39 is 0 Å². The van der Waals surface area contributed by atoms with Crippen molar-refractivity contribution in [2.75, 3.05) is 5.75 Å². The van der Waals surface area contributed by atoms with Crippen molar-refractivity contribution < 1.29 is 4.42 Å². The third-order valence-electron chi connectivity index (χ3n) is 3.20. The molecular formula is C16H15BrN2OS. The van der Waals surface area contributed by atoms with Crippen molar-refractivity contribution in [3.05, 3.63) is 64.8 Å². The molecule has 2 aromatic carbocycles. The number of nitrogens with one attached hydrogen (secondary N) is 1. The van der Waals surface area contributed by atoms with Crippen LogP contribution >= 0.6 is 27.7 Å². The number of nitrogens with two attached hydrogens (primary N) is 1. The van der Waals surface area contributed by atoms with Crippen LogP contribution in [-0.4, -0.2) is 5.75 Å². The fourth-order valence-corrected chi connectivity index (χ4v) is 3.68. The molecule has 1 heterocycles. The first kappa shape index (κ1) is 14.7. The molecule has 0 amide bonds. The summed E-state index contributed by atoms with van der Waals surface area (Å²) in [6.07, 6.45) is 0. The van der Waals surface area contributed by atoms with E-state index in [0.717, 1.165) is 27.0 Å². The van der Waals surface area contributed by atoms with Crippen LogP contribution < -0.4 is 11.3 Å². The first-order valence-corrected chi connectivity index (χ1v) is 8.37. The summed E-state index contributed by atoms with van der Waals surface area (Å²) in [5.74, 6) is 7.35. The molecule has 1 unspecified atom stereocenters. The minimum absolute atomic E-state index is 0.0265. The fraction of sp³-hybridized carbons (Fsp3) is 0.125. The predicted molar refractivity (Wildman–Crippen MR) is 91.1 cm³/mol. The second-order valence-electron chi connectivity index (χ2n) is 4.67. The van der Waals surface area contributed by atoms with Gasteiger partial charge in [-0.2, -0.15) is 0 Å². The van der Waals surface area contributed by atoms with E-state index in [0.29, 0.717) is 0 Å². The van der Waals surface area contributed by atoms with Crippen LogP contribution in [0.25, 0.3) is 11.0 Å². The number of halogens is 1. The molecule has 3 aromatic rings. The average Bonchev–Trinajstić information content (AvgIpc) is 2.91. The highest BCUT2D eigenvalue weighted by atomic mass is 79.9. The zero-order chi connectivity index (χ0) is 14.7. The van der Waals surface area contributed by atoms with E-state index in [1.54, 1.807) is 11.8 Å². The summed E-state index contributed by atoms with van der Waals surface area (Å²) in [6, 6.07) is 18.2. The Bertz CT molecular complexity index is 711. The van der Waals surface area contributed by atoms with Crippen molar-refractivity contribution in [2.45, 2.75) is 10.9 Å². The van der Waals surface area contributed by atoms with Crippen molar-refractivity contribution in [3.8, 4) is 0 Å². The van der Waals surface area contributed by atoms with Crippen molar-refractivity contribution in [1.29, 1.82) is 0 Å². The lowest BCUT2D eigenvalue weighted by molar-refractivity contribution is 0.464. The minimum atomic E-state index is -0.0265. The Kier molecular flexibility index (Phi) is 4.65. The molecule has 3 rings (SSSR count). The maximum Gasteiger partial charge on any atom is 0.134 e. The molecule has 0 saturated carbocycles. The molecule has 0 saturated heterocycles. The molecule has 0 aliphatic heterocycles. The smallest absolute Gasteiger partial charge is 0.134 e. The monoisotopic (exact) mass is 362 g/mol. The summed E-state index contributed by atoms with van der Waals surface area (Å²) in [7, 11) is 0. The lowest BCUT2D eigenvalue weighted by Gasteiger charge is -2.12. The highest BCUT2D eigenvalue weighted by Gasteiger charge is 2.15. The van der Waals surface area contributed by atoms with Gasteiger partial charge in [-0.1, -0.05) is 40.2 Å². The SMILES string of the molecule is NNC(CSc1cccc(Br)c1)c1cc2ccccc2o1. The molecule has 1 aromatic heterocycles. The van der Waals surface area contributed by atoms with Gasteiger partial charge in [0.15, 0.2) is 0 Å². The van der Waals surface area contributed by atoms with E-state index in [2.05, 4.69) is 33.5 Å². The second kappa shape index (κ2) is 6.66. The summed E-state index contributed by atoms with van der Waals surface area (Å²) < 4.78 is 6.95. The first-order chi connectivity index (χ1) is 10.3. The zero-order valence-corrected chi connectivity index (χ0v) is 13.7. The lowest BCUT2D eigenvalue weighted by Crippen LogP contribution is -2.29. The van der Waals surface area contributed by atoms with Crippen LogP contribution in [0.2, 0.25) is 0 Å². The van der Waals surface area contributed by atoms with E-state index in [-0.39, 0.29) is 6.04 Å². The van der Waals surface area contributed by atoms with E-state index >= 15 is 0 Å². The van der Waals surface area contributed by atoms with Gasteiger partial charge in [-0.15, -0.1) is 11.8 Å². The second-order valence-corrected chi connectivity index (χ2v) is 6.68. The summed E-state index contributed by atoms with van der Waals surface area (Å²) in [4.78, 5) is 1.20. The van der Waals surface area contributed by atoms with E-state index in [1.807, 2.05) is 42.5 Å². The standard InChI is InChI=1S/C16H15BrN2OS/c17-12-5-3-6-13(9-12)21-10-14(19-18)16-8-11-4-1-2-7-15(11)20-16/h1-9,14,19H,10,18H2. The average molecular weight is 363 g/mol. The van der Waals surface area contributed by atoms with E-state index in [9.17, 15) is 0 Å². The maximum absolute atomic E-state index is 5.87. The number of hydrogen-bond acceptors (Lipinski definition) is 4. The molecule has 0 radical (unpaired) electrons. The number of furan rings is 1. The quantitative estimate of drug-likeness (QED) is 0.398. The Hall–Kier alpha value is -1.27. The van der Waals surface area contributed by atoms with Crippen molar-refractivity contribution in [2.24, 2.45) is 5.84 Å². The van der Waals surface area contributed by atoms with Crippen molar-refractivity contribution in [3.63, 3.8) is 0 Å². The third kappa shape index (κ3) is 3.49. The van der Waals surface area contributed by atoms with Gasteiger partial charge >= 0.3 is 0 Å². The third-order valence-corrected chi connectivity index (χ3v) is 4.78. The number of rotatable bonds is 5. The van der Waals surface area contributed by atoms with Crippen LogP contribution in [0.4, 0.5) is 0 Å². The Morgan fingerprint density at radius 3 is 2.76 bits per heavy atom. The molecule has 108 valence electrons. The molecule has 0 spiro atoms. The molecule has 3 nitrogen and oxygen atoms in total. The number of hydrogen-bond donors (Lipinski definition) is 2. The molecule has 0 aliphatic rings. The summed E-state index contributed by atoms with van der Waals surface area (Å²) in [5, 5.41) is 1.10. The molecule has 0 aliphatic carbocycles. The number of para-hydroxylation sites is 1. The summed E-state index contributed by atoms with van der Waals surface area (Å²) in [5.41, 5.74) is 3.73. The van der Waals surface area contributed by atoms with Crippen LogP contribution in [0.3, 0.4) is 0 Å². The molecule has 5 heteroatoms. The number of hydrazine groups is 1. The highest BCUT2D eigenvalue weighted by Crippen LogP contribution is 2.29. The van der Waals surface area contributed by atoms with Gasteiger partial charge < -0.3 is 4.42 Å². The van der Waals surface area contributed by atoms with Gasteiger partial charge in [-0.3, -0.25) is 5.84 Å². The van der Waals surface area contributed by atoms with Gasteiger partial charge in [0.2, 0.25) is 0 Å². The molecular weight excluding hydrogens is 348 g/mol. The van der Waals surface area contributed by atoms with Crippen molar-refractivity contribution in [1.82, 2.24) is 5.43 Å². The van der Waals surface area contributed by atoms with Gasteiger partial charge in [0.1, 0.15) is 11.3 Å². The highest BCUT2D eigenvalue weighted by molar-refractivity contribution is 9.10. The number of fused-ring (bicyclic) bond motifs is 1. The van der Waals surface area contributed by atoms with Crippen LogP contribution in [0, 0.1) is 0 Å². The van der Waals surface area contributed by atoms with Gasteiger partial charge in [0.05, 0.1) is 6.04 Å². The Labute approximate surface area is 136 Å². The molecule has 21 heavy (non-hydrogen) atoms. The molecule has 1 atom stereocenters. The number of benzene rings is 2. The van der Waals surface area contributed by atoms with Gasteiger partial charge in [0, 0.05) is 20.5 Å².